The first kappa shape index (κ1) is 16.1. The lowest BCUT2D eigenvalue weighted by Crippen LogP contribution is -2.39. The Hall–Kier alpha value is -2.27. The minimum absolute atomic E-state index is 0.0423. The van der Waals surface area contributed by atoms with E-state index < -0.39 is 23.6 Å². The summed E-state index contributed by atoms with van der Waals surface area (Å²) in [5.74, 6) is -1.69. The lowest BCUT2D eigenvalue weighted by Gasteiger charge is -2.20. The molecule has 1 amide bonds. The number of benzene rings is 2. The molecule has 0 bridgehead atoms. The van der Waals surface area contributed by atoms with Gasteiger partial charge in [-0.2, -0.15) is 0 Å². The summed E-state index contributed by atoms with van der Waals surface area (Å²) >= 11 is 0. The minimum atomic E-state index is -0.668. The molecular formula is C17H18F2N2O. The molecule has 116 valence electrons. The molecule has 2 aromatic rings. The molecule has 2 aromatic carbocycles. The highest BCUT2D eigenvalue weighted by molar-refractivity contribution is 5.94. The van der Waals surface area contributed by atoms with Crippen molar-refractivity contribution in [2.75, 3.05) is 5.32 Å². The number of carbonyl (C=O) groups excluding carboxylic acids is 1. The van der Waals surface area contributed by atoms with E-state index >= 15 is 0 Å². The van der Waals surface area contributed by atoms with Crippen LogP contribution in [0.3, 0.4) is 0 Å². The third-order valence-corrected chi connectivity index (χ3v) is 3.38. The number of halogens is 2. The van der Waals surface area contributed by atoms with Gasteiger partial charge >= 0.3 is 0 Å². The molecule has 0 spiro atoms. The second kappa shape index (κ2) is 7.13. The molecule has 0 fully saturated rings. The highest BCUT2D eigenvalue weighted by atomic mass is 19.1. The second-order valence-corrected chi connectivity index (χ2v) is 5.13. The summed E-state index contributed by atoms with van der Waals surface area (Å²) in [7, 11) is 0. The summed E-state index contributed by atoms with van der Waals surface area (Å²) in [5.41, 5.74) is 0.880. The molecule has 0 saturated carbocycles. The number of nitrogens with one attached hydrogen (secondary N) is 2. The lowest BCUT2D eigenvalue weighted by molar-refractivity contribution is -0.118. The lowest BCUT2D eigenvalue weighted by atomic mass is 10.1. The maximum Gasteiger partial charge on any atom is 0.241 e. The zero-order valence-corrected chi connectivity index (χ0v) is 12.4. The Morgan fingerprint density at radius 2 is 1.73 bits per heavy atom. The van der Waals surface area contributed by atoms with Crippen molar-refractivity contribution in [3.05, 3.63) is 65.7 Å². The van der Waals surface area contributed by atoms with Crippen molar-refractivity contribution >= 4 is 11.6 Å². The van der Waals surface area contributed by atoms with Crippen molar-refractivity contribution in [3.8, 4) is 0 Å². The predicted molar refractivity (Wildman–Crippen MR) is 82.4 cm³/mol. The molecule has 0 aliphatic heterocycles. The van der Waals surface area contributed by atoms with Crippen molar-refractivity contribution in [2.45, 2.75) is 25.9 Å². The van der Waals surface area contributed by atoms with Gasteiger partial charge in [0.15, 0.2) is 0 Å². The second-order valence-electron chi connectivity index (χ2n) is 5.13. The monoisotopic (exact) mass is 304 g/mol. The Kier molecular flexibility index (Phi) is 5.22. The third-order valence-electron chi connectivity index (χ3n) is 3.38. The largest absolute Gasteiger partial charge is 0.322 e. The van der Waals surface area contributed by atoms with Crippen molar-refractivity contribution in [1.82, 2.24) is 5.32 Å². The summed E-state index contributed by atoms with van der Waals surface area (Å²) < 4.78 is 26.6. The van der Waals surface area contributed by atoms with E-state index in [0.29, 0.717) is 0 Å². The molecule has 5 heteroatoms. The number of hydrogen-bond donors (Lipinski definition) is 2. The first-order valence-corrected chi connectivity index (χ1v) is 7.04. The van der Waals surface area contributed by atoms with Crippen LogP contribution in [-0.2, 0) is 4.79 Å². The molecule has 3 nitrogen and oxygen atoms in total. The molecule has 0 aromatic heterocycles. The van der Waals surface area contributed by atoms with Gasteiger partial charge in [0.25, 0.3) is 0 Å². The van der Waals surface area contributed by atoms with Crippen molar-refractivity contribution in [2.24, 2.45) is 0 Å². The number of rotatable bonds is 5. The van der Waals surface area contributed by atoms with Gasteiger partial charge in [-0.25, -0.2) is 8.78 Å². The van der Waals surface area contributed by atoms with Crippen LogP contribution in [-0.4, -0.2) is 11.9 Å². The molecule has 0 heterocycles. The van der Waals surface area contributed by atoms with Crippen molar-refractivity contribution in [1.29, 1.82) is 0 Å². The molecule has 2 rings (SSSR count). The highest BCUT2D eigenvalue weighted by Gasteiger charge is 2.17. The van der Waals surface area contributed by atoms with Crippen molar-refractivity contribution < 1.29 is 13.6 Å². The highest BCUT2D eigenvalue weighted by Crippen LogP contribution is 2.16. The fourth-order valence-electron chi connectivity index (χ4n) is 2.12. The summed E-state index contributed by atoms with van der Waals surface area (Å²) in [5, 5.41) is 5.51. The number of anilines is 1. The number of amides is 1. The Morgan fingerprint density at radius 3 is 2.41 bits per heavy atom. The molecule has 0 aliphatic rings. The van der Waals surface area contributed by atoms with E-state index in [1.165, 1.54) is 0 Å². The van der Waals surface area contributed by atoms with Gasteiger partial charge in [0.05, 0.1) is 11.7 Å². The molecular weight excluding hydrogens is 286 g/mol. The van der Waals surface area contributed by atoms with E-state index in [9.17, 15) is 13.6 Å². The Labute approximate surface area is 128 Å². The van der Waals surface area contributed by atoms with Gasteiger partial charge < -0.3 is 5.32 Å². The quantitative estimate of drug-likeness (QED) is 0.885. The Bertz CT molecular complexity index is 646. The molecule has 0 radical (unpaired) electrons. The maximum atomic E-state index is 13.5. The number of carbonyl (C=O) groups is 1. The van der Waals surface area contributed by atoms with E-state index in [1.807, 2.05) is 37.3 Å². The first-order chi connectivity index (χ1) is 10.5. The summed E-state index contributed by atoms with van der Waals surface area (Å²) in [4.78, 5) is 12.1. The van der Waals surface area contributed by atoms with Crippen LogP contribution in [0.15, 0.2) is 48.5 Å². The Balaban J connectivity index is 1.99. The van der Waals surface area contributed by atoms with E-state index in [0.717, 1.165) is 23.8 Å². The van der Waals surface area contributed by atoms with E-state index in [1.54, 1.807) is 6.92 Å². The van der Waals surface area contributed by atoms with E-state index in [2.05, 4.69) is 10.6 Å². The van der Waals surface area contributed by atoms with Crippen LogP contribution in [0.2, 0.25) is 0 Å². The van der Waals surface area contributed by atoms with Crippen LogP contribution in [0, 0.1) is 11.6 Å². The van der Waals surface area contributed by atoms with Gasteiger partial charge in [0, 0.05) is 12.1 Å². The smallest absolute Gasteiger partial charge is 0.241 e. The van der Waals surface area contributed by atoms with Crippen molar-refractivity contribution in [3.63, 3.8) is 0 Å². The average Bonchev–Trinajstić information content (AvgIpc) is 2.51. The molecule has 0 unspecified atom stereocenters. The topological polar surface area (TPSA) is 41.1 Å². The molecule has 22 heavy (non-hydrogen) atoms. The standard InChI is InChI=1S/C17H18F2N2O/c1-11(13-6-4-3-5-7-13)20-12(2)17(22)21-16-10-14(18)8-9-15(16)19/h3-12,20H,1-2H3,(H,21,22)/t11-,12-/m1/s1. The number of hydrogen-bond acceptors (Lipinski definition) is 2. The third kappa shape index (κ3) is 4.11. The van der Waals surface area contributed by atoms with Gasteiger partial charge in [-0.3, -0.25) is 10.1 Å². The van der Waals surface area contributed by atoms with Gasteiger partial charge in [0.1, 0.15) is 11.6 Å². The normalized spacial score (nSPS) is 13.5. The molecule has 0 saturated heterocycles. The fraction of sp³-hybridized carbons (Fsp3) is 0.235. The average molecular weight is 304 g/mol. The minimum Gasteiger partial charge on any atom is -0.322 e. The summed E-state index contributed by atoms with van der Waals surface area (Å²) in [6, 6.07) is 12.0. The zero-order chi connectivity index (χ0) is 16.1. The fourth-order valence-corrected chi connectivity index (χ4v) is 2.12. The summed E-state index contributed by atoms with van der Waals surface area (Å²) in [6.45, 7) is 3.61. The Morgan fingerprint density at radius 1 is 1.05 bits per heavy atom. The predicted octanol–water partition coefficient (Wildman–Crippen LogP) is 3.64. The summed E-state index contributed by atoms with van der Waals surface area (Å²) in [6.07, 6.45) is 0. The van der Waals surface area contributed by atoms with Gasteiger partial charge in [-0.15, -0.1) is 0 Å². The van der Waals surface area contributed by atoms with Crippen LogP contribution >= 0.6 is 0 Å². The zero-order valence-electron chi connectivity index (χ0n) is 12.4. The van der Waals surface area contributed by atoms with Gasteiger partial charge in [-0.1, -0.05) is 30.3 Å². The first-order valence-electron chi connectivity index (χ1n) is 7.04. The van der Waals surface area contributed by atoms with E-state index in [-0.39, 0.29) is 11.7 Å². The molecule has 0 aliphatic carbocycles. The molecule has 2 N–H and O–H groups in total. The van der Waals surface area contributed by atoms with Crippen LogP contribution in [0.4, 0.5) is 14.5 Å². The molecule has 2 atom stereocenters. The van der Waals surface area contributed by atoms with Crippen LogP contribution in [0.1, 0.15) is 25.5 Å². The maximum absolute atomic E-state index is 13.5. The van der Waals surface area contributed by atoms with E-state index in [4.69, 9.17) is 0 Å². The van der Waals surface area contributed by atoms with Crippen LogP contribution in [0.25, 0.3) is 0 Å². The van der Waals surface area contributed by atoms with Gasteiger partial charge in [-0.05, 0) is 31.5 Å². The SMILES string of the molecule is C[C@@H](N[C@H](C)c1ccccc1)C(=O)Nc1cc(F)ccc1F. The van der Waals surface area contributed by atoms with Crippen LogP contribution in [0.5, 0.6) is 0 Å². The van der Waals surface area contributed by atoms with Crippen LogP contribution < -0.4 is 10.6 Å². The van der Waals surface area contributed by atoms with Gasteiger partial charge in [0.2, 0.25) is 5.91 Å².